The lowest BCUT2D eigenvalue weighted by Crippen LogP contribution is -2.20. The summed E-state index contributed by atoms with van der Waals surface area (Å²) in [6.45, 7) is 4.72. The first-order chi connectivity index (χ1) is 13.0. The second-order valence-electron chi connectivity index (χ2n) is 6.95. The molecule has 0 aliphatic heterocycles. The van der Waals surface area contributed by atoms with Gasteiger partial charge in [-0.1, -0.05) is 31.1 Å². The van der Waals surface area contributed by atoms with Gasteiger partial charge in [0.1, 0.15) is 11.6 Å². The van der Waals surface area contributed by atoms with E-state index in [1.807, 2.05) is 58.3 Å². The first kappa shape index (κ1) is 17.2. The summed E-state index contributed by atoms with van der Waals surface area (Å²) in [5, 5.41) is 4.04. The number of pyridine rings is 1. The van der Waals surface area contributed by atoms with Crippen LogP contribution in [0.15, 0.2) is 47.1 Å². The number of benzene rings is 1. The molecule has 27 heavy (non-hydrogen) atoms. The molecule has 0 unspecified atom stereocenters. The maximum absolute atomic E-state index is 5.40. The molecule has 0 aliphatic rings. The summed E-state index contributed by atoms with van der Waals surface area (Å²) in [6.07, 6.45) is 1.76. The van der Waals surface area contributed by atoms with Crippen molar-refractivity contribution >= 4 is 16.9 Å². The Morgan fingerprint density at radius 3 is 2.70 bits per heavy atom. The summed E-state index contributed by atoms with van der Waals surface area (Å²) in [6, 6.07) is 12.0. The van der Waals surface area contributed by atoms with Gasteiger partial charge < -0.3 is 14.0 Å². The predicted octanol–water partition coefficient (Wildman–Crippen LogP) is 3.78. The van der Waals surface area contributed by atoms with Crippen LogP contribution >= 0.6 is 0 Å². The minimum Gasteiger partial charge on any atom is -0.352 e. The highest BCUT2D eigenvalue weighted by Crippen LogP contribution is 2.24. The number of hydrogen-bond donors (Lipinski definition) is 0. The zero-order chi connectivity index (χ0) is 19.0. The van der Waals surface area contributed by atoms with Crippen molar-refractivity contribution in [2.24, 2.45) is 7.05 Å². The van der Waals surface area contributed by atoms with E-state index in [0.717, 1.165) is 28.2 Å². The standard InChI is InChI=1S/C20H22N6O/c1-13(2)19-23-20(27-24-19)14-9-10-21-17(11-14)25(3)12-18-22-15-7-5-6-8-16(15)26(18)4/h5-11,13H,12H2,1-4H3. The summed E-state index contributed by atoms with van der Waals surface area (Å²) in [5.74, 6) is 3.24. The molecule has 0 atom stereocenters. The fourth-order valence-corrected chi connectivity index (χ4v) is 2.98. The van der Waals surface area contributed by atoms with Crippen LogP contribution in [0.3, 0.4) is 0 Å². The molecule has 4 aromatic rings. The lowest BCUT2D eigenvalue weighted by Gasteiger charge is -2.18. The number of aromatic nitrogens is 5. The number of anilines is 1. The minimum absolute atomic E-state index is 0.226. The van der Waals surface area contributed by atoms with Crippen LogP contribution in [-0.2, 0) is 13.6 Å². The van der Waals surface area contributed by atoms with Crippen LogP contribution in [0.1, 0.15) is 31.4 Å². The predicted molar refractivity (Wildman–Crippen MR) is 104 cm³/mol. The van der Waals surface area contributed by atoms with Gasteiger partial charge in [-0.05, 0) is 24.3 Å². The van der Waals surface area contributed by atoms with Crippen LogP contribution in [-0.4, -0.2) is 31.7 Å². The van der Waals surface area contributed by atoms with E-state index in [-0.39, 0.29) is 5.92 Å². The molecular formula is C20H22N6O. The first-order valence-electron chi connectivity index (χ1n) is 8.94. The summed E-state index contributed by atoms with van der Waals surface area (Å²) < 4.78 is 7.51. The Kier molecular flexibility index (Phi) is 4.35. The zero-order valence-electron chi connectivity index (χ0n) is 15.9. The Labute approximate surface area is 157 Å². The maximum Gasteiger partial charge on any atom is 0.258 e. The number of para-hydroxylation sites is 2. The average Bonchev–Trinajstić information content (AvgIpc) is 3.28. The molecule has 0 N–H and O–H groups in total. The Balaban J connectivity index is 1.60. The molecule has 7 heteroatoms. The molecular weight excluding hydrogens is 340 g/mol. The van der Waals surface area contributed by atoms with Gasteiger partial charge in [-0.2, -0.15) is 4.98 Å². The van der Waals surface area contributed by atoms with Gasteiger partial charge in [0.05, 0.1) is 17.6 Å². The highest BCUT2D eigenvalue weighted by atomic mass is 16.5. The van der Waals surface area contributed by atoms with Crippen molar-refractivity contribution < 1.29 is 4.52 Å². The molecule has 0 spiro atoms. The van der Waals surface area contributed by atoms with Crippen molar-refractivity contribution in [3.05, 3.63) is 54.2 Å². The maximum atomic E-state index is 5.40. The van der Waals surface area contributed by atoms with Gasteiger partial charge in [0.2, 0.25) is 0 Å². The largest absolute Gasteiger partial charge is 0.352 e. The normalized spacial score (nSPS) is 11.4. The van der Waals surface area contributed by atoms with Crippen LogP contribution in [0.25, 0.3) is 22.5 Å². The van der Waals surface area contributed by atoms with E-state index in [0.29, 0.717) is 18.3 Å². The van der Waals surface area contributed by atoms with E-state index in [2.05, 4.69) is 30.7 Å². The van der Waals surface area contributed by atoms with Crippen LogP contribution in [0.4, 0.5) is 5.82 Å². The molecule has 0 amide bonds. The Bertz CT molecular complexity index is 1080. The van der Waals surface area contributed by atoms with Gasteiger partial charge in [-0.15, -0.1) is 0 Å². The molecule has 1 aromatic carbocycles. The van der Waals surface area contributed by atoms with Gasteiger partial charge >= 0.3 is 0 Å². The minimum atomic E-state index is 0.226. The fourth-order valence-electron chi connectivity index (χ4n) is 2.98. The molecule has 0 fully saturated rings. The van der Waals surface area contributed by atoms with Crippen molar-refractivity contribution in [3.8, 4) is 11.5 Å². The molecule has 0 bridgehead atoms. The molecule has 138 valence electrons. The molecule has 0 saturated carbocycles. The second kappa shape index (κ2) is 6.83. The summed E-state index contributed by atoms with van der Waals surface area (Å²) in [5.41, 5.74) is 2.98. The lowest BCUT2D eigenvalue weighted by atomic mass is 10.2. The molecule has 7 nitrogen and oxygen atoms in total. The highest BCUT2D eigenvalue weighted by molar-refractivity contribution is 5.75. The number of fused-ring (bicyclic) bond motifs is 1. The van der Waals surface area contributed by atoms with Crippen molar-refractivity contribution in [1.82, 2.24) is 24.7 Å². The van der Waals surface area contributed by atoms with Crippen molar-refractivity contribution in [1.29, 1.82) is 0 Å². The first-order valence-corrected chi connectivity index (χ1v) is 8.94. The topological polar surface area (TPSA) is 72.9 Å². The third-order valence-corrected chi connectivity index (χ3v) is 4.60. The van der Waals surface area contributed by atoms with Crippen molar-refractivity contribution in [3.63, 3.8) is 0 Å². The van der Waals surface area contributed by atoms with Gasteiger partial charge in [0.15, 0.2) is 5.82 Å². The molecule has 3 heterocycles. The smallest absolute Gasteiger partial charge is 0.258 e. The molecule has 0 aliphatic carbocycles. The van der Waals surface area contributed by atoms with Gasteiger partial charge in [-0.3, -0.25) is 0 Å². The van der Waals surface area contributed by atoms with Crippen molar-refractivity contribution in [2.45, 2.75) is 26.3 Å². The van der Waals surface area contributed by atoms with Crippen molar-refractivity contribution in [2.75, 3.05) is 11.9 Å². The average molecular weight is 362 g/mol. The van der Waals surface area contributed by atoms with Crippen LogP contribution in [0.2, 0.25) is 0 Å². The zero-order valence-corrected chi connectivity index (χ0v) is 15.9. The number of aryl methyl sites for hydroxylation is 1. The van der Waals surface area contributed by atoms with Crippen LogP contribution in [0.5, 0.6) is 0 Å². The molecule has 4 rings (SSSR count). The Morgan fingerprint density at radius 1 is 1.15 bits per heavy atom. The van der Waals surface area contributed by atoms with E-state index >= 15 is 0 Å². The van der Waals surface area contributed by atoms with Gasteiger partial charge in [0, 0.05) is 31.8 Å². The summed E-state index contributed by atoms with van der Waals surface area (Å²) in [7, 11) is 4.03. The van der Waals surface area contributed by atoms with Crippen LogP contribution in [0, 0.1) is 0 Å². The van der Waals surface area contributed by atoms with Gasteiger partial charge in [0.25, 0.3) is 5.89 Å². The van der Waals surface area contributed by atoms with E-state index < -0.39 is 0 Å². The van der Waals surface area contributed by atoms with Gasteiger partial charge in [-0.25, -0.2) is 9.97 Å². The molecule has 3 aromatic heterocycles. The number of hydrogen-bond acceptors (Lipinski definition) is 6. The Morgan fingerprint density at radius 2 is 1.96 bits per heavy atom. The third kappa shape index (κ3) is 3.28. The second-order valence-corrected chi connectivity index (χ2v) is 6.95. The summed E-state index contributed by atoms with van der Waals surface area (Å²) in [4.78, 5) is 15.7. The molecule has 0 saturated heterocycles. The Hall–Kier alpha value is -3.22. The number of rotatable bonds is 5. The van der Waals surface area contributed by atoms with Crippen LogP contribution < -0.4 is 4.90 Å². The third-order valence-electron chi connectivity index (χ3n) is 4.60. The fraction of sp³-hybridized carbons (Fsp3) is 0.300. The lowest BCUT2D eigenvalue weighted by molar-refractivity contribution is 0.419. The van der Waals surface area contributed by atoms with E-state index in [4.69, 9.17) is 9.51 Å². The monoisotopic (exact) mass is 362 g/mol. The van der Waals surface area contributed by atoms with E-state index in [1.54, 1.807) is 6.20 Å². The van der Waals surface area contributed by atoms with E-state index in [9.17, 15) is 0 Å². The quantitative estimate of drug-likeness (QED) is 0.538. The molecule has 0 radical (unpaired) electrons. The number of nitrogens with zero attached hydrogens (tertiary/aromatic N) is 6. The van der Waals surface area contributed by atoms with E-state index in [1.165, 1.54) is 0 Å². The number of imidazole rings is 1. The SMILES string of the molecule is CC(C)c1noc(-c2ccnc(N(C)Cc3nc4ccccc4n3C)c2)n1. The highest BCUT2D eigenvalue weighted by Gasteiger charge is 2.15. The summed E-state index contributed by atoms with van der Waals surface area (Å²) >= 11 is 0.